The molecular weight excluding hydrogens is 358 g/mol. The molecule has 1 atom stereocenters. The fourth-order valence-electron chi connectivity index (χ4n) is 3.21. The van der Waals surface area contributed by atoms with E-state index in [1.165, 1.54) is 11.3 Å². The lowest BCUT2D eigenvalue weighted by Gasteiger charge is -2.18. The van der Waals surface area contributed by atoms with Crippen LogP contribution in [0.4, 0.5) is 0 Å². The van der Waals surface area contributed by atoms with Gasteiger partial charge in [0.25, 0.3) is 5.56 Å². The minimum Gasteiger partial charge on any atom is -0.349 e. The van der Waals surface area contributed by atoms with E-state index in [1.54, 1.807) is 10.9 Å². The zero-order valence-corrected chi connectivity index (χ0v) is 16.8. The molecule has 0 aliphatic rings. The van der Waals surface area contributed by atoms with Gasteiger partial charge >= 0.3 is 0 Å². The van der Waals surface area contributed by atoms with Gasteiger partial charge in [-0.25, -0.2) is 4.98 Å². The van der Waals surface area contributed by atoms with Crippen LogP contribution >= 0.6 is 11.3 Å². The molecule has 0 bridgehead atoms. The van der Waals surface area contributed by atoms with Crippen LogP contribution in [-0.2, 0) is 11.3 Å². The van der Waals surface area contributed by atoms with Gasteiger partial charge < -0.3 is 5.32 Å². The third-order valence-corrected chi connectivity index (χ3v) is 5.97. The largest absolute Gasteiger partial charge is 0.349 e. The molecule has 1 unspecified atom stereocenters. The molecule has 0 saturated carbocycles. The zero-order valence-electron chi connectivity index (χ0n) is 16.0. The molecule has 142 valence electrons. The summed E-state index contributed by atoms with van der Waals surface area (Å²) >= 11 is 1.53. The van der Waals surface area contributed by atoms with E-state index in [4.69, 9.17) is 0 Å². The van der Waals surface area contributed by atoms with Crippen LogP contribution in [0.1, 0.15) is 48.2 Å². The van der Waals surface area contributed by atoms with E-state index in [1.807, 2.05) is 44.2 Å². The number of hydrogen-bond acceptors (Lipinski definition) is 4. The Kier molecular flexibility index (Phi) is 6.06. The van der Waals surface area contributed by atoms with Crippen molar-refractivity contribution in [2.24, 2.45) is 0 Å². The summed E-state index contributed by atoms with van der Waals surface area (Å²) in [6.07, 6.45) is 3.67. The average Bonchev–Trinajstić information content (AvgIpc) is 2.96. The first-order valence-corrected chi connectivity index (χ1v) is 10.1. The summed E-state index contributed by atoms with van der Waals surface area (Å²) in [5, 5.41) is 3.78. The third-order valence-electron chi connectivity index (χ3n) is 4.85. The van der Waals surface area contributed by atoms with E-state index < -0.39 is 0 Å². The van der Waals surface area contributed by atoms with Crippen molar-refractivity contribution in [1.82, 2.24) is 14.9 Å². The van der Waals surface area contributed by atoms with Crippen molar-refractivity contribution in [2.45, 2.75) is 52.6 Å². The highest BCUT2D eigenvalue weighted by Gasteiger charge is 2.15. The minimum absolute atomic E-state index is 0.00259. The first-order valence-electron chi connectivity index (χ1n) is 9.30. The van der Waals surface area contributed by atoms with E-state index >= 15 is 0 Å². The highest BCUT2D eigenvalue weighted by Crippen LogP contribution is 2.25. The molecule has 27 heavy (non-hydrogen) atoms. The number of aromatic nitrogens is 2. The summed E-state index contributed by atoms with van der Waals surface area (Å²) in [5.74, 6) is -0.0532. The molecule has 1 amide bonds. The van der Waals surface area contributed by atoms with Crippen molar-refractivity contribution in [3.8, 4) is 0 Å². The Morgan fingerprint density at radius 2 is 2.00 bits per heavy atom. The summed E-state index contributed by atoms with van der Waals surface area (Å²) in [6.45, 7) is 6.38. The van der Waals surface area contributed by atoms with E-state index in [9.17, 15) is 9.59 Å². The summed E-state index contributed by atoms with van der Waals surface area (Å²) in [4.78, 5) is 31.5. The molecule has 0 radical (unpaired) electrons. The maximum absolute atomic E-state index is 12.7. The molecule has 6 heteroatoms. The van der Waals surface area contributed by atoms with E-state index in [-0.39, 0.29) is 23.9 Å². The van der Waals surface area contributed by atoms with Gasteiger partial charge in [-0.2, -0.15) is 0 Å². The van der Waals surface area contributed by atoms with Crippen molar-refractivity contribution in [2.75, 3.05) is 0 Å². The van der Waals surface area contributed by atoms with Gasteiger partial charge in [-0.05, 0) is 31.4 Å². The number of fused-ring (bicyclic) bond motifs is 1. The van der Waals surface area contributed by atoms with Gasteiger partial charge in [0, 0.05) is 17.8 Å². The highest BCUT2D eigenvalue weighted by molar-refractivity contribution is 7.18. The molecular formula is C21H25N3O2S. The Hall–Kier alpha value is -2.47. The van der Waals surface area contributed by atoms with Gasteiger partial charge in [0.2, 0.25) is 5.91 Å². The average molecular weight is 384 g/mol. The molecule has 2 aromatic heterocycles. The van der Waals surface area contributed by atoms with Crippen LogP contribution in [-0.4, -0.2) is 15.5 Å². The fourth-order valence-corrected chi connectivity index (χ4v) is 4.20. The number of hydrogen-bond donors (Lipinski definition) is 1. The topological polar surface area (TPSA) is 64.0 Å². The molecule has 0 aliphatic carbocycles. The zero-order chi connectivity index (χ0) is 19.4. The quantitative estimate of drug-likeness (QED) is 0.667. The predicted octanol–water partition coefficient (Wildman–Crippen LogP) is 4.12. The van der Waals surface area contributed by atoms with Gasteiger partial charge in [0.05, 0.1) is 17.8 Å². The van der Waals surface area contributed by atoms with Crippen molar-refractivity contribution in [3.63, 3.8) is 0 Å². The van der Waals surface area contributed by atoms with Crippen LogP contribution in [0, 0.1) is 13.8 Å². The van der Waals surface area contributed by atoms with Gasteiger partial charge in [-0.3, -0.25) is 14.2 Å². The number of nitrogens with zero attached hydrogens (tertiary/aromatic N) is 2. The SMILES string of the molecule is CCCC(NC(=O)CCn1cnc2sc(C)c(C)c2c1=O)c1ccccc1. The molecule has 1 aromatic carbocycles. The van der Waals surface area contributed by atoms with Crippen LogP contribution in [0.3, 0.4) is 0 Å². The number of benzene rings is 1. The Bertz CT molecular complexity index is 992. The van der Waals surface area contributed by atoms with Gasteiger partial charge in [-0.15, -0.1) is 11.3 Å². The second-order valence-electron chi connectivity index (χ2n) is 6.78. The molecule has 3 rings (SSSR count). The number of thiophene rings is 1. The van der Waals surface area contributed by atoms with Crippen LogP contribution in [0.25, 0.3) is 10.2 Å². The van der Waals surface area contributed by atoms with Crippen molar-refractivity contribution in [1.29, 1.82) is 0 Å². The summed E-state index contributed by atoms with van der Waals surface area (Å²) in [7, 11) is 0. The Morgan fingerprint density at radius 3 is 2.70 bits per heavy atom. The lowest BCUT2D eigenvalue weighted by Crippen LogP contribution is -2.30. The van der Waals surface area contributed by atoms with E-state index in [0.717, 1.165) is 33.7 Å². The standard InChI is InChI=1S/C21H25N3O2S/c1-4-8-17(16-9-6-5-7-10-16)23-18(25)11-12-24-13-22-20-19(21(24)26)14(2)15(3)27-20/h5-7,9-10,13,17H,4,8,11-12H2,1-3H3,(H,23,25). The molecule has 5 nitrogen and oxygen atoms in total. The maximum atomic E-state index is 12.7. The highest BCUT2D eigenvalue weighted by atomic mass is 32.1. The Labute approximate surface area is 163 Å². The lowest BCUT2D eigenvalue weighted by molar-refractivity contribution is -0.122. The number of nitrogens with one attached hydrogen (secondary N) is 1. The Morgan fingerprint density at radius 1 is 1.26 bits per heavy atom. The number of amides is 1. The monoisotopic (exact) mass is 383 g/mol. The Balaban J connectivity index is 1.70. The normalized spacial score (nSPS) is 12.3. The van der Waals surface area contributed by atoms with Crippen molar-refractivity contribution >= 4 is 27.5 Å². The van der Waals surface area contributed by atoms with Crippen LogP contribution in [0.15, 0.2) is 41.5 Å². The van der Waals surface area contributed by atoms with E-state index in [2.05, 4.69) is 17.2 Å². The predicted molar refractivity (Wildman–Crippen MR) is 110 cm³/mol. The number of carbonyl (C=O) groups is 1. The first-order chi connectivity index (χ1) is 13.0. The fraction of sp³-hybridized carbons (Fsp3) is 0.381. The molecule has 0 spiro atoms. The van der Waals surface area contributed by atoms with Crippen molar-refractivity contribution in [3.05, 3.63) is 63.0 Å². The number of aryl methyl sites for hydroxylation is 3. The van der Waals surface area contributed by atoms with Crippen LogP contribution < -0.4 is 10.9 Å². The lowest BCUT2D eigenvalue weighted by atomic mass is 10.0. The summed E-state index contributed by atoms with van der Waals surface area (Å²) < 4.78 is 1.54. The van der Waals surface area contributed by atoms with Crippen LogP contribution in [0.5, 0.6) is 0 Å². The number of carbonyl (C=O) groups excluding carboxylic acids is 1. The smallest absolute Gasteiger partial charge is 0.262 e. The molecule has 0 saturated heterocycles. The molecule has 3 aromatic rings. The van der Waals surface area contributed by atoms with Gasteiger partial charge in [-0.1, -0.05) is 43.7 Å². The molecule has 1 N–H and O–H groups in total. The number of rotatable bonds is 7. The van der Waals surface area contributed by atoms with Crippen LogP contribution in [0.2, 0.25) is 0 Å². The summed E-state index contributed by atoms with van der Waals surface area (Å²) in [5.41, 5.74) is 2.03. The second-order valence-corrected chi connectivity index (χ2v) is 7.98. The molecule has 0 fully saturated rings. The molecule has 0 aliphatic heterocycles. The first kappa shape index (κ1) is 19.3. The minimum atomic E-state index is -0.0668. The third kappa shape index (κ3) is 4.27. The second kappa shape index (κ2) is 8.48. The van der Waals surface area contributed by atoms with Crippen molar-refractivity contribution < 1.29 is 4.79 Å². The van der Waals surface area contributed by atoms with Gasteiger partial charge in [0.1, 0.15) is 4.83 Å². The molecule has 2 heterocycles. The maximum Gasteiger partial charge on any atom is 0.262 e. The summed E-state index contributed by atoms with van der Waals surface area (Å²) in [6, 6.07) is 10.0. The van der Waals surface area contributed by atoms with Gasteiger partial charge in [0.15, 0.2) is 0 Å². The van der Waals surface area contributed by atoms with E-state index in [0.29, 0.717) is 11.9 Å².